The van der Waals surface area contributed by atoms with Crippen LogP contribution in [0.25, 0.3) is 0 Å². The van der Waals surface area contributed by atoms with Crippen LogP contribution in [0.2, 0.25) is 5.02 Å². The summed E-state index contributed by atoms with van der Waals surface area (Å²) in [5.74, 6) is 0. The highest BCUT2D eigenvalue weighted by molar-refractivity contribution is 6.31. The van der Waals surface area contributed by atoms with Gasteiger partial charge < -0.3 is 5.11 Å². The summed E-state index contributed by atoms with van der Waals surface area (Å²) in [6.45, 7) is 0.307. The Hall–Kier alpha value is -1.10. The summed E-state index contributed by atoms with van der Waals surface area (Å²) in [4.78, 5) is 3.31. The van der Waals surface area contributed by atoms with E-state index in [-0.39, 0.29) is 0 Å². The van der Waals surface area contributed by atoms with E-state index in [1.54, 1.807) is 11.0 Å². The molecule has 0 aliphatic heterocycles. The Kier molecular flexibility index (Phi) is 3.48. The Labute approximate surface area is 127 Å². The molecule has 3 rings (SSSR count). The van der Waals surface area contributed by atoms with Crippen LogP contribution in [-0.4, -0.2) is 30.3 Å². The van der Waals surface area contributed by atoms with E-state index < -0.39 is 10.5 Å². The molecule has 1 aliphatic carbocycles. The monoisotopic (exact) mass is 311 g/mol. The van der Waals surface area contributed by atoms with Crippen LogP contribution in [0, 0.1) is 0 Å². The van der Waals surface area contributed by atoms with Crippen molar-refractivity contribution in [2.45, 2.75) is 36.3 Å². The lowest BCUT2D eigenvalue weighted by atomic mass is 9.89. The SMILES string of the molecule is O[C@](Cc1ccccc1Cl)(Cn1cncn1)C1(Cl)CC1. The number of nitrogens with zero attached hydrogens (tertiary/aromatic N) is 3. The summed E-state index contributed by atoms with van der Waals surface area (Å²) in [5.41, 5.74) is -0.198. The number of benzene rings is 1. The van der Waals surface area contributed by atoms with Gasteiger partial charge in [-0.05, 0) is 24.5 Å². The van der Waals surface area contributed by atoms with Gasteiger partial charge in [-0.25, -0.2) is 9.67 Å². The fourth-order valence-corrected chi connectivity index (χ4v) is 2.89. The standard InChI is InChI=1S/C14H15Cl2N3O/c15-12-4-2-1-3-11(12)7-14(20,13(16)5-6-13)8-19-10-17-9-18-19/h1-4,9-10,20H,5-8H2/t14-/m1/s1. The second-order valence-corrected chi connectivity index (χ2v) is 6.49. The van der Waals surface area contributed by atoms with Crippen LogP contribution >= 0.6 is 23.2 Å². The predicted molar refractivity (Wildman–Crippen MR) is 77.9 cm³/mol. The van der Waals surface area contributed by atoms with E-state index in [2.05, 4.69) is 10.1 Å². The maximum absolute atomic E-state index is 11.1. The highest BCUT2D eigenvalue weighted by Gasteiger charge is 2.58. The highest BCUT2D eigenvalue weighted by atomic mass is 35.5. The van der Waals surface area contributed by atoms with E-state index in [9.17, 15) is 5.11 Å². The summed E-state index contributed by atoms with van der Waals surface area (Å²) in [6.07, 6.45) is 5.02. The Morgan fingerprint density at radius 2 is 2.10 bits per heavy atom. The number of aliphatic hydroxyl groups is 1. The maximum Gasteiger partial charge on any atom is 0.137 e. The molecule has 0 radical (unpaired) electrons. The molecule has 0 saturated heterocycles. The topological polar surface area (TPSA) is 50.9 Å². The third-order valence-corrected chi connectivity index (χ3v) is 4.95. The molecule has 1 saturated carbocycles. The normalized spacial score (nSPS) is 19.6. The number of halogens is 2. The zero-order valence-corrected chi connectivity index (χ0v) is 12.3. The van der Waals surface area contributed by atoms with Crippen LogP contribution in [0.5, 0.6) is 0 Å². The summed E-state index contributed by atoms with van der Waals surface area (Å²) in [6, 6.07) is 7.51. The van der Waals surface area contributed by atoms with Crippen molar-refractivity contribution in [2.75, 3.05) is 0 Å². The minimum atomic E-state index is -1.09. The molecule has 4 nitrogen and oxygen atoms in total. The van der Waals surface area contributed by atoms with Gasteiger partial charge in [0.25, 0.3) is 0 Å². The molecular formula is C14H15Cl2N3O. The summed E-state index contributed by atoms with van der Waals surface area (Å²) < 4.78 is 1.61. The predicted octanol–water partition coefficient (Wildman–Crippen LogP) is 2.68. The van der Waals surface area contributed by atoms with Crippen molar-refractivity contribution in [3.63, 3.8) is 0 Å². The zero-order chi connectivity index (χ0) is 14.2. The van der Waals surface area contributed by atoms with Gasteiger partial charge in [-0.1, -0.05) is 29.8 Å². The van der Waals surface area contributed by atoms with Crippen molar-refractivity contribution in [3.05, 3.63) is 47.5 Å². The highest BCUT2D eigenvalue weighted by Crippen LogP contribution is 2.53. The average molecular weight is 312 g/mol. The smallest absolute Gasteiger partial charge is 0.137 e. The van der Waals surface area contributed by atoms with Crippen LogP contribution in [-0.2, 0) is 13.0 Å². The van der Waals surface area contributed by atoms with Crippen LogP contribution < -0.4 is 0 Å². The van der Waals surface area contributed by atoms with Gasteiger partial charge in [0.15, 0.2) is 0 Å². The Balaban J connectivity index is 1.89. The molecule has 1 N–H and O–H groups in total. The van der Waals surface area contributed by atoms with Crippen LogP contribution in [0.4, 0.5) is 0 Å². The van der Waals surface area contributed by atoms with Gasteiger partial charge in [-0.3, -0.25) is 0 Å². The Bertz CT molecular complexity index is 598. The number of rotatable bonds is 5. The molecule has 106 valence electrons. The lowest BCUT2D eigenvalue weighted by Gasteiger charge is -2.33. The summed E-state index contributed by atoms with van der Waals surface area (Å²) in [7, 11) is 0. The number of hydrogen-bond donors (Lipinski definition) is 1. The molecule has 0 amide bonds. The molecule has 0 unspecified atom stereocenters. The molecular weight excluding hydrogens is 297 g/mol. The maximum atomic E-state index is 11.1. The largest absolute Gasteiger partial charge is 0.386 e. The lowest BCUT2D eigenvalue weighted by molar-refractivity contribution is 0.00766. The minimum Gasteiger partial charge on any atom is -0.386 e. The first-order valence-electron chi connectivity index (χ1n) is 6.50. The third kappa shape index (κ3) is 2.55. The Morgan fingerprint density at radius 3 is 2.70 bits per heavy atom. The van der Waals surface area contributed by atoms with Gasteiger partial charge in [0.05, 0.1) is 11.4 Å². The Morgan fingerprint density at radius 1 is 1.35 bits per heavy atom. The van der Waals surface area contributed by atoms with Crippen LogP contribution in [0.3, 0.4) is 0 Å². The van der Waals surface area contributed by atoms with Crippen molar-refractivity contribution >= 4 is 23.2 Å². The van der Waals surface area contributed by atoms with Gasteiger partial charge >= 0.3 is 0 Å². The quantitative estimate of drug-likeness (QED) is 0.864. The van der Waals surface area contributed by atoms with Gasteiger partial charge in [-0.15, -0.1) is 11.6 Å². The fourth-order valence-electron chi connectivity index (χ4n) is 2.47. The first-order chi connectivity index (χ1) is 9.52. The third-order valence-electron chi connectivity index (χ3n) is 3.85. The van der Waals surface area contributed by atoms with Crippen LogP contribution in [0.15, 0.2) is 36.9 Å². The van der Waals surface area contributed by atoms with Gasteiger partial charge in [0.1, 0.15) is 18.3 Å². The molecule has 20 heavy (non-hydrogen) atoms. The number of alkyl halides is 1. The van der Waals surface area contributed by atoms with E-state index in [4.69, 9.17) is 23.2 Å². The van der Waals surface area contributed by atoms with Gasteiger partial charge in [-0.2, -0.15) is 5.10 Å². The van der Waals surface area contributed by atoms with Crippen molar-refractivity contribution in [2.24, 2.45) is 0 Å². The van der Waals surface area contributed by atoms with Crippen molar-refractivity contribution in [1.29, 1.82) is 0 Å². The van der Waals surface area contributed by atoms with E-state index in [0.29, 0.717) is 18.0 Å². The minimum absolute atomic E-state index is 0.307. The molecule has 1 aliphatic rings. The first-order valence-corrected chi connectivity index (χ1v) is 7.25. The zero-order valence-electron chi connectivity index (χ0n) is 10.8. The van der Waals surface area contributed by atoms with Crippen molar-refractivity contribution in [3.8, 4) is 0 Å². The molecule has 1 aromatic carbocycles. The fraction of sp³-hybridized carbons (Fsp3) is 0.429. The first kappa shape index (κ1) is 13.9. The summed E-state index contributed by atoms with van der Waals surface area (Å²) in [5, 5.41) is 15.8. The van der Waals surface area contributed by atoms with E-state index >= 15 is 0 Å². The molecule has 6 heteroatoms. The molecule has 1 fully saturated rings. The molecule has 1 heterocycles. The van der Waals surface area contributed by atoms with Crippen molar-refractivity contribution < 1.29 is 5.11 Å². The van der Waals surface area contributed by atoms with E-state index in [1.807, 2.05) is 24.3 Å². The van der Waals surface area contributed by atoms with Gasteiger partial charge in [0.2, 0.25) is 0 Å². The average Bonchev–Trinajstić information content (AvgIpc) is 2.98. The lowest BCUT2D eigenvalue weighted by Crippen LogP contribution is -2.47. The van der Waals surface area contributed by atoms with Gasteiger partial charge in [0, 0.05) is 11.4 Å². The molecule has 2 aromatic rings. The molecule has 0 bridgehead atoms. The second-order valence-electron chi connectivity index (χ2n) is 5.36. The van der Waals surface area contributed by atoms with E-state index in [1.165, 1.54) is 6.33 Å². The molecule has 0 spiro atoms. The van der Waals surface area contributed by atoms with Crippen LogP contribution in [0.1, 0.15) is 18.4 Å². The molecule has 1 aromatic heterocycles. The summed E-state index contributed by atoms with van der Waals surface area (Å²) >= 11 is 12.7. The van der Waals surface area contributed by atoms with E-state index in [0.717, 1.165) is 18.4 Å². The number of hydrogen-bond acceptors (Lipinski definition) is 3. The second kappa shape index (κ2) is 5.02. The van der Waals surface area contributed by atoms with Crippen molar-refractivity contribution in [1.82, 2.24) is 14.8 Å². The molecule has 1 atom stereocenters. The number of aromatic nitrogens is 3.